The molecule has 6 rings (SSSR count). The van der Waals surface area contributed by atoms with Crippen molar-refractivity contribution in [2.24, 2.45) is 5.92 Å². The summed E-state index contributed by atoms with van der Waals surface area (Å²) in [7, 11) is 0. The van der Waals surface area contributed by atoms with Gasteiger partial charge in [-0.15, -0.1) is 0 Å². The molecule has 3 aliphatic heterocycles. The number of fused-ring (bicyclic) bond motifs is 4. The minimum absolute atomic E-state index is 0.0129. The second-order valence-corrected chi connectivity index (χ2v) is 8.12. The molecule has 6 nitrogen and oxygen atoms in total. The number of piperidine rings is 3. The number of carbonyl (C=O) groups excluding carboxylic acids is 1. The molecule has 2 bridgehead atoms. The third-order valence-electron chi connectivity index (χ3n) is 5.91. The number of benzene rings is 1. The van der Waals surface area contributed by atoms with Crippen LogP contribution in [0, 0.1) is 5.92 Å². The maximum atomic E-state index is 12.9. The van der Waals surface area contributed by atoms with Crippen LogP contribution in [0.3, 0.4) is 0 Å². The highest BCUT2D eigenvalue weighted by molar-refractivity contribution is 6.30. The quantitative estimate of drug-likeness (QED) is 0.737. The van der Waals surface area contributed by atoms with E-state index in [-0.39, 0.29) is 18.5 Å². The van der Waals surface area contributed by atoms with E-state index in [2.05, 4.69) is 15.2 Å². The second-order valence-electron chi connectivity index (χ2n) is 7.69. The van der Waals surface area contributed by atoms with Crippen molar-refractivity contribution in [3.05, 3.63) is 47.6 Å². The molecule has 1 aromatic carbocycles. The number of imidazole rings is 1. The van der Waals surface area contributed by atoms with Crippen molar-refractivity contribution in [3.63, 3.8) is 0 Å². The van der Waals surface area contributed by atoms with Crippen molar-refractivity contribution < 1.29 is 4.79 Å². The van der Waals surface area contributed by atoms with Crippen molar-refractivity contribution in [2.75, 3.05) is 19.6 Å². The number of hydrogen-bond acceptors (Lipinski definition) is 4. The smallest absolute Gasteiger partial charge is 0.240 e. The summed E-state index contributed by atoms with van der Waals surface area (Å²) in [5.41, 5.74) is 2.41. The van der Waals surface area contributed by atoms with Crippen molar-refractivity contribution in [3.8, 4) is 11.4 Å². The van der Waals surface area contributed by atoms with E-state index in [1.807, 2.05) is 41.0 Å². The van der Waals surface area contributed by atoms with Crippen LogP contribution in [-0.2, 0) is 11.3 Å². The van der Waals surface area contributed by atoms with Gasteiger partial charge in [-0.3, -0.25) is 9.36 Å². The third kappa shape index (κ3) is 3.27. The number of nitrogens with zero attached hydrogens (tertiary/aromatic N) is 4. The zero-order chi connectivity index (χ0) is 19.1. The van der Waals surface area contributed by atoms with Gasteiger partial charge in [-0.05, 0) is 68.2 Å². The number of halogens is 1. The van der Waals surface area contributed by atoms with Crippen LogP contribution in [0.15, 0.2) is 42.6 Å². The molecule has 3 aromatic rings. The maximum Gasteiger partial charge on any atom is 0.240 e. The van der Waals surface area contributed by atoms with Crippen LogP contribution >= 0.6 is 11.6 Å². The summed E-state index contributed by atoms with van der Waals surface area (Å²) in [5.74, 6) is 1.34. The summed E-state index contributed by atoms with van der Waals surface area (Å²) in [6.07, 6.45) is 4.09. The Bertz CT molecular complexity index is 1010. The van der Waals surface area contributed by atoms with Crippen LogP contribution in [0.5, 0.6) is 0 Å². The van der Waals surface area contributed by atoms with Gasteiger partial charge >= 0.3 is 0 Å². The number of aromatic nitrogens is 3. The topological polar surface area (TPSA) is 63.1 Å². The maximum absolute atomic E-state index is 12.9. The predicted octanol–water partition coefficient (Wildman–Crippen LogP) is 2.96. The van der Waals surface area contributed by atoms with E-state index in [0.717, 1.165) is 42.2 Å². The van der Waals surface area contributed by atoms with E-state index in [0.29, 0.717) is 10.9 Å². The predicted molar refractivity (Wildman–Crippen MR) is 109 cm³/mol. The van der Waals surface area contributed by atoms with Crippen molar-refractivity contribution in [1.29, 1.82) is 0 Å². The first kappa shape index (κ1) is 17.6. The van der Waals surface area contributed by atoms with Crippen LogP contribution in [0.4, 0.5) is 0 Å². The summed E-state index contributed by atoms with van der Waals surface area (Å²) >= 11 is 6.03. The molecule has 1 amide bonds. The molecule has 144 valence electrons. The van der Waals surface area contributed by atoms with Gasteiger partial charge in [-0.2, -0.15) is 0 Å². The SMILES string of the molecule is O=C(Cn1c(-c2ccc(Cl)cc2)nc2cccnc21)NC1CN2CCC1CC2. The number of carbonyl (C=O) groups is 1. The normalized spacial score (nSPS) is 23.8. The lowest BCUT2D eigenvalue weighted by atomic mass is 9.84. The molecule has 3 aliphatic rings. The van der Waals surface area contributed by atoms with E-state index in [1.54, 1.807) is 6.20 Å². The molecule has 1 N–H and O–H groups in total. The Kier molecular flexibility index (Phi) is 4.53. The van der Waals surface area contributed by atoms with Gasteiger partial charge in [0.2, 0.25) is 5.91 Å². The first-order valence-corrected chi connectivity index (χ1v) is 10.1. The van der Waals surface area contributed by atoms with E-state index in [1.165, 1.54) is 12.8 Å². The molecule has 0 saturated carbocycles. The zero-order valence-corrected chi connectivity index (χ0v) is 16.3. The van der Waals surface area contributed by atoms with Crippen LogP contribution < -0.4 is 5.32 Å². The highest BCUT2D eigenvalue weighted by atomic mass is 35.5. The van der Waals surface area contributed by atoms with E-state index in [4.69, 9.17) is 16.6 Å². The largest absolute Gasteiger partial charge is 0.350 e. The fourth-order valence-electron chi connectivity index (χ4n) is 4.45. The highest BCUT2D eigenvalue weighted by Crippen LogP contribution is 2.28. The number of nitrogens with one attached hydrogen (secondary N) is 1. The molecule has 3 fully saturated rings. The van der Waals surface area contributed by atoms with Gasteiger partial charge in [0, 0.05) is 29.4 Å². The Morgan fingerprint density at radius 3 is 2.68 bits per heavy atom. The minimum atomic E-state index is 0.0129. The van der Waals surface area contributed by atoms with E-state index in [9.17, 15) is 4.79 Å². The van der Waals surface area contributed by atoms with E-state index < -0.39 is 0 Å². The Labute approximate surface area is 168 Å². The number of amides is 1. The molecule has 28 heavy (non-hydrogen) atoms. The standard InChI is InChI=1S/C21H22ClN5O/c22-16-5-3-15(4-6-16)20-25-17-2-1-9-23-21(17)27(20)13-19(28)24-18-12-26-10-7-14(18)8-11-26/h1-6,9,14,18H,7-8,10-13H2,(H,24,28). The molecule has 0 aliphatic carbocycles. The van der Waals surface area contributed by atoms with Gasteiger partial charge in [0.15, 0.2) is 5.65 Å². The first-order valence-electron chi connectivity index (χ1n) is 9.76. The Hall–Kier alpha value is -2.44. The molecule has 5 heterocycles. The lowest BCUT2D eigenvalue weighted by Gasteiger charge is -2.44. The van der Waals surface area contributed by atoms with Crippen LogP contribution in [0.25, 0.3) is 22.6 Å². The molecule has 3 saturated heterocycles. The van der Waals surface area contributed by atoms with Crippen LogP contribution in [0.1, 0.15) is 12.8 Å². The van der Waals surface area contributed by atoms with Gasteiger partial charge in [0.25, 0.3) is 0 Å². The summed E-state index contributed by atoms with van der Waals surface area (Å²) in [4.78, 5) is 24.5. The fourth-order valence-corrected chi connectivity index (χ4v) is 4.58. The van der Waals surface area contributed by atoms with Crippen LogP contribution in [0.2, 0.25) is 5.02 Å². The average Bonchev–Trinajstić information content (AvgIpc) is 3.08. The second kappa shape index (κ2) is 7.18. The zero-order valence-electron chi connectivity index (χ0n) is 15.5. The van der Waals surface area contributed by atoms with Crippen molar-refractivity contribution >= 4 is 28.7 Å². The molecule has 7 heteroatoms. The van der Waals surface area contributed by atoms with Gasteiger partial charge in [-0.1, -0.05) is 11.6 Å². The Balaban J connectivity index is 1.43. The molecule has 0 radical (unpaired) electrons. The summed E-state index contributed by atoms with van der Waals surface area (Å²) < 4.78 is 1.90. The molecule has 1 atom stereocenters. The lowest BCUT2D eigenvalue weighted by molar-refractivity contribution is -0.123. The van der Waals surface area contributed by atoms with Gasteiger partial charge < -0.3 is 10.2 Å². The molecule has 2 aromatic heterocycles. The lowest BCUT2D eigenvalue weighted by Crippen LogP contribution is -2.57. The number of rotatable bonds is 4. The minimum Gasteiger partial charge on any atom is -0.350 e. The molecule has 1 unspecified atom stereocenters. The highest BCUT2D eigenvalue weighted by Gasteiger charge is 2.34. The van der Waals surface area contributed by atoms with Crippen molar-refractivity contribution in [1.82, 2.24) is 24.8 Å². The molecule has 0 spiro atoms. The fraction of sp³-hybridized carbons (Fsp3) is 0.381. The summed E-state index contributed by atoms with van der Waals surface area (Å²) in [6, 6.07) is 11.5. The Morgan fingerprint density at radius 2 is 1.96 bits per heavy atom. The van der Waals surface area contributed by atoms with Gasteiger partial charge in [0.1, 0.15) is 17.9 Å². The summed E-state index contributed by atoms with van der Waals surface area (Å²) in [6.45, 7) is 3.49. The molecular formula is C21H22ClN5O. The third-order valence-corrected chi connectivity index (χ3v) is 6.16. The Morgan fingerprint density at radius 1 is 1.18 bits per heavy atom. The van der Waals surface area contributed by atoms with Crippen LogP contribution in [-0.4, -0.2) is 51.0 Å². The number of pyridine rings is 1. The van der Waals surface area contributed by atoms with Gasteiger partial charge in [0.05, 0.1) is 0 Å². The number of hydrogen-bond donors (Lipinski definition) is 1. The average molecular weight is 396 g/mol. The summed E-state index contributed by atoms with van der Waals surface area (Å²) in [5, 5.41) is 3.93. The monoisotopic (exact) mass is 395 g/mol. The van der Waals surface area contributed by atoms with Gasteiger partial charge in [-0.25, -0.2) is 9.97 Å². The van der Waals surface area contributed by atoms with Crippen molar-refractivity contribution in [2.45, 2.75) is 25.4 Å². The van der Waals surface area contributed by atoms with E-state index >= 15 is 0 Å². The first-order chi connectivity index (χ1) is 13.7. The molecular weight excluding hydrogens is 374 g/mol.